The number of morpholine rings is 1. The van der Waals surface area contributed by atoms with E-state index in [1.54, 1.807) is 0 Å². The highest BCUT2D eigenvalue weighted by Crippen LogP contribution is 2.68. The van der Waals surface area contributed by atoms with Crippen LogP contribution in [0.2, 0.25) is 0 Å². The standard InChI is InChI=1S/C28H45NO4/c1-19(30)22-7-8-23-21-6-5-20-17-26(2,33-25(31)18-29-13-15-32-16-14-29)11-12-27(20,3)24(21)9-10-28(22,23)4/h20-24H,5-18H2,1-4H3/t20-,21-,22+,23-,24-,26+,27-,28+/m0/s1. The van der Waals surface area contributed by atoms with E-state index in [0.29, 0.717) is 36.9 Å². The molecular formula is C28H45NO4. The molecular weight excluding hydrogens is 414 g/mol. The summed E-state index contributed by atoms with van der Waals surface area (Å²) in [5.41, 5.74) is 0.264. The van der Waals surface area contributed by atoms with E-state index in [0.717, 1.165) is 50.1 Å². The van der Waals surface area contributed by atoms with Crippen LogP contribution in [0.1, 0.15) is 85.5 Å². The molecule has 0 radical (unpaired) electrons. The van der Waals surface area contributed by atoms with Crippen molar-refractivity contribution in [2.24, 2.45) is 40.4 Å². The first-order valence-electron chi connectivity index (χ1n) is 13.7. The highest BCUT2D eigenvalue weighted by molar-refractivity contribution is 5.79. The number of nitrogens with zero attached hydrogens (tertiary/aromatic N) is 1. The molecule has 5 heteroatoms. The van der Waals surface area contributed by atoms with Gasteiger partial charge in [0, 0.05) is 19.0 Å². The van der Waals surface area contributed by atoms with Crippen molar-refractivity contribution in [3.63, 3.8) is 0 Å². The number of rotatable bonds is 4. The molecule has 1 aliphatic heterocycles. The number of hydrogen-bond donors (Lipinski definition) is 0. The number of ether oxygens (including phenoxy) is 2. The van der Waals surface area contributed by atoms with Crippen LogP contribution in [0.5, 0.6) is 0 Å². The molecule has 0 amide bonds. The number of carbonyl (C=O) groups excluding carboxylic acids is 2. The Kier molecular flexibility index (Phi) is 6.21. The average Bonchev–Trinajstić information content (AvgIpc) is 3.12. The van der Waals surface area contributed by atoms with Crippen molar-refractivity contribution in [3.05, 3.63) is 0 Å². The normalized spacial score (nSPS) is 47.8. The zero-order valence-corrected chi connectivity index (χ0v) is 21.4. The molecule has 0 bridgehead atoms. The van der Waals surface area contributed by atoms with Gasteiger partial charge in [0.1, 0.15) is 11.4 Å². The molecule has 186 valence electrons. The van der Waals surface area contributed by atoms with E-state index in [4.69, 9.17) is 9.47 Å². The highest BCUT2D eigenvalue weighted by Gasteiger charge is 2.61. The Balaban J connectivity index is 1.25. The fourth-order valence-electron chi connectivity index (χ4n) is 9.43. The summed E-state index contributed by atoms with van der Waals surface area (Å²) in [4.78, 5) is 27.3. The lowest BCUT2D eigenvalue weighted by atomic mass is 9.44. The third-order valence-corrected chi connectivity index (χ3v) is 11.2. The van der Waals surface area contributed by atoms with Crippen LogP contribution in [0.4, 0.5) is 0 Å². The fraction of sp³-hybridized carbons (Fsp3) is 0.929. The predicted octanol–water partition coefficient (Wildman–Crippen LogP) is 4.87. The Hall–Kier alpha value is -0.940. The molecule has 0 aromatic rings. The number of ketones is 1. The van der Waals surface area contributed by atoms with Gasteiger partial charge in [-0.05, 0) is 106 Å². The molecule has 0 N–H and O–H groups in total. The highest BCUT2D eigenvalue weighted by atomic mass is 16.6. The van der Waals surface area contributed by atoms with Gasteiger partial charge in [-0.3, -0.25) is 14.5 Å². The Morgan fingerprint density at radius 1 is 0.909 bits per heavy atom. The van der Waals surface area contributed by atoms with Crippen molar-refractivity contribution in [1.82, 2.24) is 4.90 Å². The van der Waals surface area contributed by atoms with E-state index in [1.165, 1.54) is 38.5 Å². The van der Waals surface area contributed by atoms with Gasteiger partial charge in [0.2, 0.25) is 0 Å². The lowest BCUT2D eigenvalue weighted by Gasteiger charge is -2.62. The molecule has 33 heavy (non-hydrogen) atoms. The Bertz CT molecular complexity index is 778. The van der Waals surface area contributed by atoms with Crippen molar-refractivity contribution in [1.29, 1.82) is 0 Å². The van der Waals surface area contributed by atoms with Crippen LogP contribution in [0.3, 0.4) is 0 Å². The van der Waals surface area contributed by atoms with E-state index in [-0.39, 0.29) is 22.9 Å². The Morgan fingerprint density at radius 2 is 1.64 bits per heavy atom. The van der Waals surface area contributed by atoms with Crippen LogP contribution in [-0.4, -0.2) is 55.1 Å². The van der Waals surface area contributed by atoms with Crippen molar-refractivity contribution < 1.29 is 19.1 Å². The molecule has 1 heterocycles. The summed E-state index contributed by atoms with van der Waals surface area (Å²) in [5.74, 6) is 3.56. The molecule has 5 fully saturated rings. The van der Waals surface area contributed by atoms with E-state index >= 15 is 0 Å². The molecule has 4 aliphatic carbocycles. The first-order chi connectivity index (χ1) is 15.6. The number of Topliss-reactive ketones (excluding diaryl/α,β-unsaturated/α-hetero) is 1. The van der Waals surface area contributed by atoms with E-state index < -0.39 is 0 Å². The van der Waals surface area contributed by atoms with E-state index in [2.05, 4.69) is 25.7 Å². The van der Waals surface area contributed by atoms with Crippen LogP contribution in [-0.2, 0) is 19.1 Å². The minimum Gasteiger partial charge on any atom is -0.458 e. The third-order valence-electron chi connectivity index (χ3n) is 11.2. The number of esters is 1. The number of hydrogen-bond acceptors (Lipinski definition) is 5. The van der Waals surface area contributed by atoms with Gasteiger partial charge in [-0.25, -0.2) is 0 Å². The van der Waals surface area contributed by atoms with Gasteiger partial charge in [0.15, 0.2) is 0 Å². The molecule has 5 aliphatic rings. The largest absolute Gasteiger partial charge is 0.458 e. The van der Waals surface area contributed by atoms with Crippen LogP contribution >= 0.6 is 0 Å². The summed E-state index contributed by atoms with van der Waals surface area (Å²) in [6.45, 7) is 12.5. The van der Waals surface area contributed by atoms with Gasteiger partial charge >= 0.3 is 5.97 Å². The maximum absolute atomic E-state index is 12.8. The quantitative estimate of drug-likeness (QED) is 0.562. The number of carbonyl (C=O) groups is 2. The summed E-state index contributed by atoms with van der Waals surface area (Å²) in [5, 5.41) is 0. The second-order valence-electron chi connectivity index (χ2n) is 13.0. The molecule has 0 aromatic carbocycles. The molecule has 0 unspecified atom stereocenters. The third kappa shape index (κ3) is 4.09. The van der Waals surface area contributed by atoms with Crippen LogP contribution in [0, 0.1) is 40.4 Å². The van der Waals surface area contributed by atoms with E-state index in [1.807, 2.05) is 6.92 Å². The van der Waals surface area contributed by atoms with Crippen molar-refractivity contribution >= 4 is 11.8 Å². The summed E-state index contributed by atoms with van der Waals surface area (Å²) < 4.78 is 11.6. The summed E-state index contributed by atoms with van der Waals surface area (Å²) in [6, 6.07) is 0. The topological polar surface area (TPSA) is 55.8 Å². The minimum atomic E-state index is -0.323. The van der Waals surface area contributed by atoms with Crippen LogP contribution in [0.25, 0.3) is 0 Å². The molecule has 5 rings (SSSR count). The van der Waals surface area contributed by atoms with Crippen molar-refractivity contribution in [2.75, 3.05) is 32.8 Å². The first-order valence-corrected chi connectivity index (χ1v) is 13.7. The molecule has 0 spiro atoms. The predicted molar refractivity (Wildman–Crippen MR) is 128 cm³/mol. The fourth-order valence-corrected chi connectivity index (χ4v) is 9.43. The molecule has 8 atom stereocenters. The Labute approximate surface area is 200 Å². The summed E-state index contributed by atoms with van der Waals surface area (Å²) in [6.07, 6.45) is 10.6. The van der Waals surface area contributed by atoms with Crippen molar-refractivity contribution in [3.8, 4) is 0 Å². The van der Waals surface area contributed by atoms with Gasteiger partial charge in [-0.2, -0.15) is 0 Å². The monoisotopic (exact) mass is 459 g/mol. The van der Waals surface area contributed by atoms with Gasteiger partial charge in [0.25, 0.3) is 0 Å². The minimum absolute atomic E-state index is 0.0636. The van der Waals surface area contributed by atoms with Crippen molar-refractivity contribution in [2.45, 2.75) is 91.1 Å². The molecule has 5 nitrogen and oxygen atoms in total. The Morgan fingerprint density at radius 3 is 2.36 bits per heavy atom. The zero-order chi connectivity index (χ0) is 23.4. The second kappa shape index (κ2) is 8.62. The summed E-state index contributed by atoms with van der Waals surface area (Å²) >= 11 is 0. The first kappa shape index (κ1) is 23.8. The molecule has 4 saturated carbocycles. The van der Waals surface area contributed by atoms with Gasteiger partial charge in [0.05, 0.1) is 19.8 Å². The lowest BCUT2D eigenvalue weighted by molar-refractivity contribution is -0.182. The molecule has 0 aromatic heterocycles. The van der Waals surface area contributed by atoms with Gasteiger partial charge < -0.3 is 9.47 Å². The van der Waals surface area contributed by atoms with Gasteiger partial charge in [-0.1, -0.05) is 13.8 Å². The van der Waals surface area contributed by atoms with Gasteiger partial charge in [-0.15, -0.1) is 0 Å². The van der Waals surface area contributed by atoms with Crippen LogP contribution < -0.4 is 0 Å². The van der Waals surface area contributed by atoms with Crippen LogP contribution in [0.15, 0.2) is 0 Å². The van der Waals surface area contributed by atoms with E-state index in [9.17, 15) is 9.59 Å². The summed E-state index contributed by atoms with van der Waals surface area (Å²) in [7, 11) is 0. The molecule has 1 saturated heterocycles. The second-order valence-corrected chi connectivity index (χ2v) is 13.0. The maximum Gasteiger partial charge on any atom is 0.320 e. The maximum atomic E-state index is 12.8. The smallest absolute Gasteiger partial charge is 0.320 e. The average molecular weight is 460 g/mol. The SMILES string of the molecule is CC(=O)[C@H]1CC[C@H]2[C@@H]3CC[C@H]4C[C@](C)(OC(=O)CN5CCOCC5)CC[C@]4(C)[C@H]3CC[C@]12C. The zero-order valence-electron chi connectivity index (χ0n) is 21.4. The number of fused-ring (bicyclic) bond motifs is 5. The lowest BCUT2D eigenvalue weighted by Crippen LogP contribution is -2.56.